The van der Waals surface area contributed by atoms with Crippen molar-refractivity contribution < 1.29 is 17.9 Å². The standard InChI is InChI=1S/C24H25NO4S/c1-16-23(17-7-5-4-6-8-17)21-14-11-19(29-3)15-22(21)24(16)25-30(26,27)20-12-9-18(28-2)10-13-20/h4-16,23-25H,1-3H3/t16-,23+,24+/m1/s1. The van der Waals surface area contributed by atoms with Gasteiger partial charge in [-0.3, -0.25) is 0 Å². The van der Waals surface area contributed by atoms with Gasteiger partial charge in [0.1, 0.15) is 11.5 Å². The van der Waals surface area contributed by atoms with Crippen LogP contribution in [0.2, 0.25) is 0 Å². The summed E-state index contributed by atoms with van der Waals surface area (Å²) in [5.41, 5.74) is 3.24. The van der Waals surface area contributed by atoms with Crippen LogP contribution in [-0.2, 0) is 10.0 Å². The second-order valence-electron chi connectivity index (χ2n) is 7.52. The minimum absolute atomic E-state index is 0.0301. The van der Waals surface area contributed by atoms with Gasteiger partial charge in [0.15, 0.2) is 0 Å². The SMILES string of the molecule is COc1ccc(S(=O)(=O)N[C@@H]2c3cc(OC)ccc3[C@H](c3ccccc3)[C@H]2C)cc1. The van der Waals surface area contributed by atoms with Gasteiger partial charge in [-0.1, -0.05) is 43.3 Å². The van der Waals surface area contributed by atoms with Gasteiger partial charge in [0.25, 0.3) is 0 Å². The summed E-state index contributed by atoms with van der Waals surface area (Å²) in [6.07, 6.45) is 0. The Labute approximate surface area is 177 Å². The van der Waals surface area contributed by atoms with Crippen molar-refractivity contribution in [1.82, 2.24) is 4.72 Å². The minimum atomic E-state index is -3.72. The molecule has 0 bridgehead atoms. The first-order chi connectivity index (χ1) is 14.4. The van der Waals surface area contributed by atoms with Crippen LogP contribution >= 0.6 is 0 Å². The van der Waals surface area contributed by atoms with Gasteiger partial charge in [0, 0.05) is 5.92 Å². The maximum atomic E-state index is 13.2. The normalized spacial score (nSPS) is 20.6. The molecule has 0 radical (unpaired) electrons. The zero-order valence-electron chi connectivity index (χ0n) is 17.2. The Kier molecular flexibility index (Phi) is 5.54. The molecule has 0 fully saturated rings. The first-order valence-corrected chi connectivity index (χ1v) is 11.3. The Morgan fingerprint density at radius 3 is 2.07 bits per heavy atom. The van der Waals surface area contributed by atoms with Crippen LogP contribution in [-0.4, -0.2) is 22.6 Å². The fraction of sp³-hybridized carbons (Fsp3) is 0.250. The molecule has 30 heavy (non-hydrogen) atoms. The van der Waals surface area contributed by atoms with Crippen LogP contribution in [0.3, 0.4) is 0 Å². The number of methoxy groups -OCH3 is 2. The van der Waals surface area contributed by atoms with Crippen molar-refractivity contribution in [2.45, 2.75) is 23.8 Å². The predicted octanol–water partition coefficient (Wildman–Crippen LogP) is 4.51. The van der Waals surface area contributed by atoms with Crippen molar-refractivity contribution in [1.29, 1.82) is 0 Å². The number of sulfonamides is 1. The van der Waals surface area contributed by atoms with Crippen molar-refractivity contribution in [2.24, 2.45) is 5.92 Å². The number of rotatable bonds is 6. The molecular weight excluding hydrogens is 398 g/mol. The summed E-state index contributed by atoms with van der Waals surface area (Å²) in [7, 11) is -0.548. The molecule has 3 aromatic rings. The van der Waals surface area contributed by atoms with E-state index in [1.54, 1.807) is 38.5 Å². The lowest BCUT2D eigenvalue weighted by Gasteiger charge is -2.23. The highest BCUT2D eigenvalue weighted by Crippen LogP contribution is 2.49. The van der Waals surface area contributed by atoms with Gasteiger partial charge < -0.3 is 9.47 Å². The Hall–Kier alpha value is -2.83. The molecule has 4 rings (SSSR count). The molecule has 6 heteroatoms. The predicted molar refractivity (Wildman–Crippen MR) is 116 cm³/mol. The molecule has 1 aliphatic carbocycles. The van der Waals surface area contributed by atoms with Gasteiger partial charge in [0.05, 0.1) is 25.2 Å². The number of fused-ring (bicyclic) bond motifs is 1. The van der Waals surface area contributed by atoms with E-state index in [-0.39, 0.29) is 22.8 Å². The Morgan fingerprint density at radius 2 is 1.43 bits per heavy atom. The maximum Gasteiger partial charge on any atom is 0.241 e. The van der Waals surface area contributed by atoms with Gasteiger partial charge in [-0.2, -0.15) is 0 Å². The molecule has 3 atom stereocenters. The molecule has 0 aliphatic heterocycles. The van der Waals surface area contributed by atoms with Crippen molar-refractivity contribution in [3.05, 3.63) is 89.5 Å². The van der Waals surface area contributed by atoms with E-state index in [2.05, 4.69) is 23.8 Å². The van der Waals surface area contributed by atoms with Gasteiger partial charge in [0.2, 0.25) is 10.0 Å². The number of hydrogen-bond acceptors (Lipinski definition) is 4. The second kappa shape index (κ2) is 8.13. The van der Waals surface area contributed by atoms with Crippen molar-refractivity contribution in [2.75, 3.05) is 14.2 Å². The van der Waals surface area contributed by atoms with Crippen LogP contribution in [0, 0.1) is 5.92 Å². The van der Waals surface area contributed by atoms with Crippen LogP contribution in [0.5, 0.6) is 11.5 Å². The Balaban J connectivity index is 1.74. The zero-order chi connectivity index (χ0) is 21.3. The molecule has 0 saturated heterocycles. The average molecular weight is 424 g/mol. The van der Waals surface area contributed by atoms with E-state index in [0.29, 0.717) is 11.5 Å². The van der Waals surface area contributed by atoms with Crippen LogP contribution < -0.4 is 14.2 Å². The third kappa shape index (κ3) is 3.68. The topological polar surface area (TPSA) is 64.6 Å². The monoisotopic (exact) mass is 423 g/mol. The van der Waals surface area contributed by atoms with E-state index >= 15 is 0 Å². The van der Waals surface area contributed by atoms with E-state index in [4.69, 9.17) is 9.47 Å². The van der Waals surface area contributed by atoms with Gasteiger partial charge in [-0.25, -0.2) is 13.1 Å². The molecule has 0 unspecified atom stereocenters. The molecule has 0 heterocycles. The van der Waals surface area contributed by atoms with Crippen LogP contribution in [0.25, 0.3) is 0 Å². The second-order valence-corrected chi connectivity index (χ2v) is 9.23. The molecule has 5 nitrogen and oxygen atoms in total. The molecule has 1 aliphatic rings. The molecule has 0 aromatic heterocycles. The highest BCUT2D eigenvalue weighted by molar-refractivity contribution is 7.89. The molecule has 156 valence electrons. The van der Waals surface area contributed by atoms with Crippen molar-refractivity contribution >= 4 is 10.0 Å². The lowest BCUT2D eigenvalue weighted by Crippen LogP contribution is -2.31. The molecule has 0 amide bonds. The fourth-order valence-electron chi connectivity index (χ4n) is 4.30. The molecular formula is C24H25NO4S. The largest absolute Gasteiger partial charge is 0.497 e. The number of ether oxygens (including phenoxy) is 2. The summed E-state index contributed by atoms with van der Waals surface area (Å²) in [4.78, 5) is 0.211. The number of benzene rings is 3. The average Bonchev–Trinajstić information content (AvgIpc) is 3.04. The molecule has 1 N–H and O–H groups in total. The van der Waals surface area contributed by atoms with Crippen LogP contribution in [0.15, 0.2) is 77.7 Å². The number of hydrogen-bond donors (Lipinski definition) is 1. The summed E-state index contributed by atoms with van der Waals surface area (Å²) >= 11 is 0. The summed E-state index contributed by atoms with van der Waals surface area (Å²) < 4.78 is 39.8. The maximum absolute atomic E-state index is 13.2. The highest BCUT2D eigenvalue weighted by atomic mass is 32.2. The quantitative estimate of drug-likeness (QED) is 0.634. The molecule has 0 spiro atoms. The Bertz CT molecular complexity index is 1130. The number of nitrogens with one attached hydrogen (secondary N) is 1. The summed E-state index contributed by atoms with van der Waals surface area (Å²) in [5.74, 6) is 1.45. The summed E-state index contributed by atoms with van der Waals surface area (Å²) in [5, 5.41) is 0. The third-order valence-corrected chi connectivity index (χ3v) is 7.28. The minimum Gasteiger partial charge on any atom is -0.497 e. The summed E-state index contributed by atoms with van der Waals surface area (Å²) in [6.45, 7) is 2.09. The van der Waals surface area contributed by atoms with Gasteiger partial charge >= 0.3 is 0 Å². The zero-order valence-corrected chi connectivity index (χ0v) is 18.0. The first kappa shape index (κ1) is 20.4. The fourth-order valence-corrected chi connectivity index (χ4v) is 5.60. The van der Waals surface area contributed by atoms with E-state index < -0.39 is 10.0 Å². The molecule has 3 aromatic carbocycles. The van der Waals surface area contributed by atoms with E-state index in [1.165, 1.54) is 5.56 Å². The smallest absolute Gasteiger partial charge is 0.241 e. The lowest BCUT2D eigenvalue weighted by molar-refractivity contribution is 0.411. The van der Waals surface area contributed by atoms with E-state index in [1.807, 2.05) is 36.4 Å². The third-order valence-electron chi connectivity index (χ3n) is 5.83. The van der Waals surface area contributed by atoms with Gasteiger partial charge in [-0.15, -0.1) is 0 Å². The Morgan fingerprint density at radius 1 is 0.800 bits per heavy atom. The van der Waals surface area contributed by atoms with Crippen LogP contribution in [0.1, 0.15) is 35.6 Å². The lowest BCUT2D eigenvalue weighted by atomic mass is 9.86. The highest BCUT2D eigenvalue weighted by Gasteiger charge is 2.41. The van der Waals surface area contributed by atoms with E-state index in [0.717, 1.165) is 11.1 Å². The van der Waals surface area contributed by atoms with Crippen LogP contribution in [0.4, 0.5) is 0 Å². The molecule has 0 saturated carbocycles. The van der Waals surface area contributed by atoms with Gasteiger partial charge in [-0.05, 0) is 59.0 Å². The first-order valence-electron chi connectivity index (χ1n) is 9.84. The van der Waals surface area contributed by atoms with Crippen molar-refractivity contribution in [3.8, 4) is 11.5 Å². The van der Waals surface area contributed by atoms with Crippen molar-refractivity contribution in [3.63, 3.8) is 0 Å². The van der Waals surface area contributed by atoms with E-state index in [9.17, 15) is 8.42 Å². The summed E-state index contributed by atoms with van der Waals surface area (Å²) in [6, 6.07) is 22.2.